The molecule has 0 radical (unpaired) electrons. The maximum absolute atomic E-state index is 13.6. The normalized spacial score (nSPS) is 14.0. The van der Waals surface area contributed by atoms with Crippen molar-refractivity contribution in [1.29, 1.82) is 0 Å². The smallest absolute Gasteiger partial charge is 0.369 e. The summed E-state index contributed by atoms with van der Waals surface area (Å²) in [4.78, 5) is 23.5. The molecule has 0 spiro atoms. The summed E-state index contributed by atoms with van der Waals surface area (Å²) in [6, 6.07) is 20.2. The lowest BCUT2D eigenvalue weighted by atomic mass is 9.80. The van der Waals surface area contributed by atoms with Crippen molar-refractivity contribution in [1.82, 2.24) is 14.7 Å². The zero-order valence-electron chi connectivity index (χ0n) is 22.5. The second kappa shape index (κ2) is 11.8. The number of fused-ring (bicyclic) bond motifs is 4. The Balaban J connectivity index is 1.36. The molecule has 0 fully saturated rings. The maximum Gasteiger partial charge on any atom is 0.416 e. The van der Waals surface area contributed by atoms with Gasteiger partial charge in [-0.1, -0.05) is 36.4 Å². The molecule has 0 saturated heterocycles. The number of nitrogens with one attached hydrogen (secondary N) is 4. The second-order valence-electron chi connectivity index (χ2n) is 10.1. The molecule has 1 amide bonds. The van der Waals surface area contributed by atoms with E-state index in [0.717, 1.165) is 40.7 Å². The van der Waals surface area contributed by atoms with Gasteiger partial charge in [-0.3, -0.25) is 9.52 Å². The van der Waals surface area contributed by atoms with Crippen LogP contribution in [0, 0.1) is 0 Å². The molecule has 2 heterocycles. The lowest BCUT2D eigenvalue weighted by Crippen LogP contribution is -2.36. The highest BCUT2D eigenvalue weighted by Gasteiger charge is 2.40. The monoisotopic (exact) mass is 578 g/mol. The topological polar surface area (TPSA) is 91.0 Å². The van der Waals surface area contributed by atoms with E-state index >= 15 is 0 Å². The molecular formula is C30H29F3N6OS. The first-order chi connectivity index (χ1) is 19.6. The molecule has 4 aromatic rings. The van der Waals surface area contributed by atoms with E-state index in [1.807, 2.05) is 36.4 Å². The maximum atomic E-state index is 13.6. The van der Waals surface area contributed by atoms with E-state index < -0.39 is 23.1 Å². The molecule has 11 heteroatoms. The molecule has 0 saturated carbocycles. The molecule has 4 bridgehead atoms. The van der Waals surface area contributed by atoms with E-state index in [9.17, 15) is 18.0 Å². The number of halogens is 3. The Bertz CT molecular complexity index is 1540. The van der Waals surface area contributed by atoms with Gasteiger partial charge < -0.3 is 16.0 Å². The summed E-state index contributed by atoms with van der Waals surface area (Å²) in [5.74, 6) is 0.569. The van der Waals surface area contributed by atoms with E-state index in [1.165, 1.54) is 32.0 Å². The fourth-order valence-corrected chi connectivity index (χ4v) is 5.22. The molecule has 1 aliphatic rings. The largest absolute Gasteiger partial charge is 0.416 e. The van der Waals surface area contributed by atoms with Crippen molar-refractivity contribution in [2.45, 2.75) is 36.8 Å². The number of carbonyl (C=O) groups is 1. The van der Waals surface area contributed by atoms with E-state index in [2.05, 4.69) is 25.7 Å². The van der Waals surface area contributed by atoms with Gasteiger partial charge in [0.2, 0.25) is 11.9 Å². The number of nitrogens with zero attached hydrogens (tertiary/aromatic N) is 2. The second-order valence-corrected chi connectivity index (χ2v) is 11.0. The Hall–Kier alpha value is -4.09. The Kier molecular flexibility index (Phi) is 8.18. The standard InChI is InChI=1S/C30H29F3N6OS/c1-29(2,24-9-3-4-10-25(24)30(31,32)33)27(40)37-20-13-11-19(12-14-20)23-18-35-28-38-21-7-5-8-22(17-21)41-36-16-6-15-34-26(23)39-28/h3-5,7-14,17-18,36H,6,15-16H2,1-2H3,(H,37,40)(H2,34,35,38,39). The molecule has 1 aliphatic heterocycles. The molecule has 0 aliphatic carbocycles. The third-order valence-electron chi connectivity index (χ3n) is 6.74. The molecule has 4 N–H and O–H groups in total. The van der Waals surface area contributed by atoms with Gasteiger partial charge in [-0.15, -0.1) is 0 Å². The summed E-state index contributed by atoms with van der Waals surface area (Å²) in [7, 11) is 0. The minimum Gasteiger partial charge on any atom is -0.369 e. The fraction of sp³-hybridized carbons (Fsp3) is 0.233. The van der Waals surface area contributed by atoms with Crippen LogP contribution in [0.3, 0.4) is 0 Å². The van der Waals surface area contributed by atoms with Gasteiger partial charge in [-0.2, -0.15) is 18.2 Å². The van der Waals surface area contributed by atoms with Gasteiger partial charge in [0.15, 0.2) is 0 Å². The van der Waals surface area contributed by atoms with E-state index in [-0.39, 0.29) is 5.56 Å². The van der Waals surface area contributed by atoms with Gasteiger partial charge in [0.05, 0.1) is 11.0 Å². The van der Waals surface area contributed by atoms with Gasteiger partial charge in [0.1, 0.15) is 5.82 Å². The van der Waals surface area contributed by atoms with E-state index in [0.29, 0.717) is 24.0 Å². The van der Waals surface area contributed by atoms with E-state index in [1.54, 1.807) is 30.3 Å². The highest BCUT2D eigenvalue weighted by molar-refractivity contribution is 7.97. The summed E-state index contributed by atoms with van der Waals surface area (Å²) in [6.07, 6.45) is -1.96. The highest BCUT2D eigenvalue weighted by atomic mass is 32.2. The summed E-state index contributed by atoms with van der Waals surface area (Å²) < 4.78 is 44.2. The van der Waals surface area contributed by atoms with Crippen LogP contribution in [-0.4, -0.2) is 29.0 Å². The van der Waals surface area contributed by atoms with Crippen LogP contribution in [0.1, 0.15) is 31.4 Å². The molecular weight excluding hydrogens is 549 g/mol. The molecule has 212 valence electrons. The Morgan fingerprint density at radius 3 is 2.46 bits per heavy atom. The summed E-state index contributed by atoms with van der Waals surface area (Å²) >= 11 is 1.57. The van der Waals surface area contributed by atoms with Crippen molar-refractivity contribution in [3.05, 3.63) is 90.1 Å². The number of benzene rings is 3. The lowest BCUT2D eigenvalue weighted by molar-refractivity contribution is -0.139. The molecule has 7 nitrogen and oxygen atoms in total. The summed E-state index contributed by atoms with van der Waals surface area (Å²) in [5.41, 5.74) is 0.601. The molecule has 1 aromatic heterocycles. The number of alkyl halides is 3. The molecule has 5 rings (SSSR count). The Labute approximate surface area is 240 Å². The minimum absolute atomic E-state index is 0.0842. The van der Waals surface area contributed by atoms with E-state index in [4.69, 9.17) is 4.98 Å². The van der Waals surface area contributed by atoms with Crippen LogP contribution in [-0.2, 0) is 16.4 Å². The summed E-state index contributed by atoms with van der Waals surface area (Å²) in [6.45, 7) is 4.47. The minimum atomic E-state index is -4.57. The van der Waals surface area contributed by atoms with Gasteiger partial charge in [-0.25, -0.2) is 4.98 Å². The molecule has 3 aromatic carbocycles. The summed E-state index contributed by atoms with van der Waals surface area (Å²) in [5, 5.41) is 9.42. The van der Waals surface area contributed by atoms with Crippen LogP contribution in [0.5, 0.6) is 0 Å². The zero-order valence-corrected chi connectivity index (χ0v) is 23.3. The van der Waals surface area contributed by atoms with Crippen LogP contribution in [0.2, 0.25) is 0 Å². The van der Waals surface area contributed by atoms with Crippen LogP contribution < -0.4 is 20.7 Å². The third-order valence-corrected chi connectivity index (χ3v) is 7.58. The first kappa shape index (κ1) is 28.4. The first-order valence-corrected chi connectivity index (χ1v) is 13.9. The third kappa shape index (κ3) is 6.63. The Morgan fingerprint density at radius 1 is 0.951 bits per heavy atom. The van der Waals surface area contributed by atoms with Crippen LogP contribution >= 0.6 is 11.9 Å². The van der Waals surface area contributed by atoms with Crippen molar-refractivity contribution in [2.24, 2.45) is 0 Å². The fourth-order valence-electron chi connectivity index (χ4n) is 4.47. The van der Waals surface area contributed by atoms with Crippen molar-refractivity contribution < 1.29 is 18.0 Å². The number of amides is 1. The van der Waals surface area contributed by atoms with Gasteiger partial charge in [0.25, 0.3) is 0 Å². The lowest BCUT2D eigenvalue weighted by Gasteiger charge is -2.27. The van der Waals surface area contributed by atoms with Crippen molar-refractivity contribution >= 4 is 41.0 Å². The number of hydrogen-bond donors (Lipinski definition) is 4. The number of hydrogen-bond acceptors (Lipinski definition) is 7. The van der Waals surface area contributed by atoms with Gasteiger partial charge in [0, 0.05) is 41.1 Å². The number of anilines is 4. The molecule has 0 unspecified atom stereocenters. The SMILES string of the molecule is CC(C)(C(=O)Nc1ccc(-c2cnc3nc2NCCCNSc2cccc(c2)N3)cc1)c1ccccc1C(F)(F)F. The predicted octanol–water partition coefficient (Wildman–Crippen LogP) is 7.23. The number of carbonyl (C=O) groups excluding carboxylic acids is 1. The number of rotatable bonds is 4. The first-order valence-electron chi connectivity index (χ1n) is 13.1. The van der Waals surface area contributed by atoms with Crippen molar-refractivity contribution in [3.8, 4) is 11.1 Å². The highest BCUT2D eigenvalue weighted by Crippen LogP contribution is 2.38. The van der Waals surface area contributed by atoms with Gasteiger partial charge >= 0.3 is 6.18 Å². The average molecular weight is 579 g/mol. The predicted molar refractivity (Wildman–Crippen MR) is 157 cm³/mol. The van der Waals surface area contributed by atoms with Crippen LogP contribution in [0.25, 0.3) is 11.1 Å². The van der Waals surface area contributed by atoms with Crippen LogP contribution in [0.4, 0.5) is 36.3 Å². The Morgan fingerprint density at radius 2 is 1.71 bits per heavy atom. The zero-order chi connectivity index (χ0) is 29.0. The van der Waals surface area contributed by atoms with Gasteiger partial charge in [-0.05, 0) is 79.7 Å². The average Bonchev–Trinajstić information content (AvgIpc) is 2.95. The molecule has 0 atom stereocenters. The van der Waals surface area contributed by atoms with Crippen molar-refractivity contribution in [3.63, 3.8) is 0 Å². The van der Waals surface area contributed by atoms with Crippen LogP contribution in [0.15, 0.2) is 83.9 Å². The molecule has 41 heavy (non-hydrogen) atoms. The van der Waals surface area contributed by atoms with Crippen molar-refractivity contribution in [2.75, 3.05) is 29.0 Å². The number of aromatic nitrogens is 2. The quantitative estimate of drug-likeness (QED) is 0.190.